The molecule has 5 nitrogen and oxygen atoms in total. The zero-order chi connectivity index (χ0) is 18.4. The van der Waals surface area contributed by atoms with E-state index in [-0.39, 0.29) is 11.5 Å². The lowest BCUT2D eigenvalue weighted by atomic mass is 10.1. The summed E-state index contributed by atoms with van der Waals surface area (Å²) in [5.74, 6) is -0.225. The number of amides is 1. The van der Waals surface area contributed by atoms with Gasteiger partial charge in [0.2, 0.25) is 0 Å². The SMILES string of the molecule is Cc1cc(C)c(NC(=O)c2cc3c(=O)n4ccccc4nc3s2)c(C)c1. The maximum Gasteiger partial charge on any atom is 0.266 e. The fraction of sp³-hybridized carbons (Fsp3) is 0.150. The molecule has 130 valence electrons. The molecule has 1 amide bonds. The van der Waals surface area contributed by atoms with Crippen LogP contribution in [0.25, 0.3) is 15.9 Å². The van der Waals surface area contributed by atoms with E-state index < -0.39 is 0 Å². The first-order valence-corrected chi connectivity index (χ1v) is 9.06. The van der Waals surface area contributed by atoms with Gasteiger partial charge in [-0.15, -0.1) is 11.3 Å². The van der Waals surface area contributed by atoms with Crippen LogP contribution in [0.2, 0.25) is 0 Å². The summed E-state index contributed by atoms with van der Waals surface area (Å²) in [6.07, 6.45) is 1.68. The van der Waals surface area contributed by atoms with Gasteiger partial charge in [-0.3, -0.25) is 14.0 Å². The summed E-state index contributed by atoms with van der Waals surface area (Å²) in [7, 11) is 0. The number of anilines is 1. The fourth-order valence-corrected chi connectivity index (χ4v) is 4.14. The van der Waals surface area contributed by atoms with Crippen molar-refractivity contribution in [1.82, 2.24) is 9.38 Å². The van der Waals surface area contributed by atoms with Crippen LogP contribution in [0.15, 0.2) is 47.4 Å². The van der Waals surface area contributed by atoms with Crippen LogP contribution in [0, 0.1) is 20.8 Å². The van der Waals surface area contributed by atoms with E-state index in [1.54, 1.807) is 24.4 Å². The van der Waals surface area contributed by atoms with Crippen LogP contribution >= 0.6 is 11.3 Å². The third-order valence-electron chi connectivity index (χ3n) is 4.36. The quantitative estimate of drug-likeness (QED) is 0.583. The largest absolute Gasteiger partial charge is 0.321 e. The molecule has 0 spiro atoms. The van der Waals surface area contributed by atoms with Gasteiger partial charge < -0.3 is 5.32 Å². The standard InChI is InChI=1S/C20H17N3O2S/c1-11-8-12(2)17(13(3)9-11)22-18(24)15-10-14-19(26-15)21-16-6-4-5-7-23(16)20(14)25/h4-10H,1-3H3,(H,22,24). The topological polar surface area (TPSA) is 63.5 Å². The van der Waals surface area contributed by atoms with Gasteiger partial charge in [-0.1, -0.05) is 23.8 Å². The first kappa shape index (κ1) is 16.5. The third-order valence-corrected chi connectivity index (χ3v) is 5.38. The van der Waals surface area contributed by atoms with Gasteiger partial charge in [0, 0.05) is 11.9 Å². The average molecular weight is 363 g/mol. The van der Waals surface area contributed by atoms with Crippen molar-refractivity contribution in [2.24, 2.45) is 0 Å². The van der Waals surface area contributed by atoms with E-state index in [1.165, 1.54) is 15.7 Å². The highest BCUT2D eigenvalue weighted by molar-refractivity contribution is 7.20. The number of hydrogen-bond donors (Lipinski definition) is 1. The Morgan fingerprint density at radius 2 is 1.85 bits per heavy atom. The van der Waals surface area contributed by atoms with Crippen LogP contribution in [0.4, 0.5) is 5.69 Å². The average Bonchev–Trinajstić information content (AvgIpc) is 3.02. The van der Waals surface area contributed by atoms with Crippen molar-refractivity contribution < 1.29 is 4.79 Å². The van der Waals surface area contributed by atoms with Crippen molar-refractivity contribution in [1.29, 1.82) is 0 Å². The van der Waals surface area contributed by atoms with Crippen LogP contribution in [0.3, 0.4) is 0 Å². The molecule has 0 aliphatic heterocycles. The smallest absolute Gasteiger partial charge is 0.266 e. The number of nitrogens with one attached hydrogen (secondary N) is 1. The van der Waals surface area contributed by atoms with Crippen LogP contribution in [-0.2, 0) is 0 Å². The van der Waals surface area contributed by atoms with Crippen LogP contribution in [-0.4, -0.2) is 15.3 Å². The number of aryl methyl sites for hydroxylation is 3. The minimum atomic E-state index is -0.225. The van der Waals surface area contributed by atoms with Crippen molar-refractivity contribution in [3.05, 3.63) is 74.5 Å². The molecule has 0 unspecified atom stereocenters. The lowest BCUT2D eigenvalue weighted by Gasteiger charge is -2.12. The molecule has 6 heteroatoms. The molecule has 0 saturated heterocycles. The number of hydrogen-bond acceptors (Lipinski definition) is 4. The maximum absolute atomic E-state index is 12.7. The highest BCUT2D eigenvalue weighted by Crippen LogP contribution is 2.26. The Balaban J connectivity index is 1.77. The minimum Gasteiger partial charge on any atom is -0.321 e. The van der Waals surface area contributed by atoms with Gasteiger partial charge in [-0.25, -0.2) is 4.98 Å². The van der Waals surface area contributed by atoms with Crippen molar-refractivity contribution in [3.8, 4) is 0 Å². The lowest BCUT2D eigenvalue weighted by Crippen LogP contribution is -2.14. The van der Waals surface area contributed by atoms with Gasteiger partial charge in [-0.2, -0.15) is 0 Å². The molecule has 1 N–H and O–H groups in total. The van der Waals surface area contributed by atoms with Crippen LogP contribution < -0.4 is 10.9 Å². The molecule has 0 radical (unpaired) electrons. The molecule has 0 fully saturated rings. The molecule has 4 aromatic rings. The summed E-state index contributed by atoms with van der Waals surface area (Å²) in [4.78, 5) is 30.9. The van der Waals surface area contributed by atoms with E-state index in [1.807, 2.05) is 39.0 Å². The highest BCUT2D eigenvalue weighted by atomic mass is 32.1. The summed E-state index contributed by atoms with van der Waals surface area (Å²) in [6.45, 7) is 5.98. The number of benzene rings is 1. The Kier molecular flexibility index (Phi) is 3.85. The molecule has 26 heavy (non-hydrogen) atoms. The summed E-state index contributed by atoms with van der Waals surface area (Å²) in [5.41, 5.74) is 4.41. The Bertz CT molecular complexity index is 1210. The first-order chi connectivity index (χ1) is 12.4. The Labute approximate surface area is 153 Å². The summed E-state index contributed by atoms with van der Waals surface area (Å²) < 4.78 is 1.49. The second-order valence-electron chi connectivity index (χ2n) is 6.40. The van der Waals surface area contributed by atoms with Gasteiger partial charge in [0.15, 0.2) is 0 Å². The normalized spacial score (nSPS) is 11.2. The van der Waals surface area contributed by atoms with Crippen molar-refractivity contribution in [3.63, 3.8) is 0 Å². The van der Waals surface area contributed by atoms with Crippen molar-refractivity contribution >= 4 is 38.8 Å². The molecule has 0 atom stereocenters. The maximum atomic E-state index is 12.7. The summed E-state index contributed by atoms with van der Waals surface area (Å²) in [6, 6.07) is 11.1. The van der Waals surface area contributed by atoms with Gasteiger partial charge >= 0.3 is 0 Å². The molecule has 0 aliphatic rings. The Morgan fingerprint density at radius 1 is 1.12 bits per heavy atom. The first-order valence-electron chi connectivity index (χ1n) is 8.24. The van der Waals surface area contributed by atoms with Gasteiger partial charge in [-0.05, 0) is 50.1 Å². The summed E-state index contributed by atoms with van der Waals surface area (Å²) in [5, 5.41) is 3.44. The van der Waals surface area contributed by atoms with Crippen molar-refractivity contribution in [2.45, 2.75) is 20.8 Å². The van der Waals surface area contributed by atoms with Crippen LogP contribution in [0.1, 0.15) is 26.4 Å². The molecule has 0 aliphatic carbocycles. The van der Waals surface area contributed by atoms with Gasteiger partial charge in [0.1, 0.15) is 10.5 Å². The van der Waals surface area contributed by atoms with Crippen molar-refractivity contribution in [2.75, 3.05) is 5.32 Å². The second-order valence-corrected chi connectivity index (χ2v) is 7.43. The number of pyridine rings is 1. The lowest BCUT2D eigenvalue weighted by molar-refractivity contribution is 0.103. The number of carbonyl (C=O) groups is 1. The number of rotatable bonds is 2. The Hall–Kier alpha value is -2.99. The van der Waals surface area contributed by atoms with Crippen LogP contribution in [0.5, 0.6) is 0 Å². The zero-order valence-electron chi connectivity index (χ0n) is 14.7. The second kappa shape index (κ2) is 6.07. The number of carbonyl (C=O) groups excluding carboxylic acids is 1. The monoisotopic (exact) mass is 363 g/mol. The van der Waals surface area contributed by atoms with Gasteiger partial charge in [0.05, 0.1) is 10.3 Å². The molecule has 1 aromatic carbocycles. The third kappa shape index (κ3) is 2.68. The molecule has 0 bridgehead atoms. The van der Waals surface area contributed by atoms with E-state index >= 15 is 0 Å². The molecular formula is C20H17N3O2S. The van der Waals surface area contributed by atoms with E-state index in [9.17, 15) is 9.59 Å². The summed E-state index contributed by atoms with van der Waals surface area (Å²) >= 11 is 1.23. The van der Waals surface area contributed by atoms with Gasteiger partial charge in [0.25, 0.3) is 11.5 Å². The number of aromatic nitrogens is 2. The fourth-order valence-electron chi connectivity index (χ4n) is 3.21. The zero-order valence-corrected chi connectivity index (χ0v) is 15.5. The van der Waals surface area contributed by atoms with E-state index in [4.69, 9.17) is 0 Å². The predicted molar refractivity (Wildman–Crippen MR) is 105 cm³/mol. The molecule has 4 rings (SSSR count). The number of thiophene rings is 1. The molecule has 3 heterocycles. The van der Waals surface area contributed by atoms with E-state index in [0.29, 0.717) is 20.7 Å². The molecule has 0 saturated carbocycles. The molecular weight excluding hydrogens is 346 g/mol. The minimum absolute atomic E-state index is 0.163. The molecule has 3 aromatic heterocycles. The number of fused-ring (bicyclic) bond motifs is 2. The van der Waals surface area contributed by atoms with E-state index in [2.05, 4.69) is 10.3 Å². The predicted octanol–water partition coefficient (Wildman–Crippen LogP) is 4.09. The highest BCUT2D eigenvalue weighted by Gasteiger charge is 2.16. The number of nitrogens with zero attached hydrogens (tertiary/aromatic N) is 2. The Morgan fingerprint density at radius 3 is 2.58 bits per heavy atom. The van der Waals surface area contributed by atoms with E-state index in [0.717, 1.165) is 22.4 Å².